The fourth-order valence-electron chi connectivity index (χ4n) is 1.61. The first-order chi connectivity index (χ1) is 9.88. The van der Waals surface area contributed by atoms with Crippen LogP contribution in [0.25, 0.3) is 0 Å². The average Bonchev–Trinajstić information content (AvgIpc) is 2.84. The summed E-state index contributed by atoms with van der Waals surface area (Å²) in [5.41, 5.74) is 0.136. The minimum Gasteiger partial charge on any atom is -0.361 e. The van der Waals surface area contributed by atoms with Crippen LogP contribution in [-0.4, -0.2) is 16.0 Å². The summed E-state index contributed by atoms with van der Waals surface area (Å²) in [5, 5.41) is 16.9. The monoisotopic (exact) mass is 329 g/mol. The van der Waals surface area contributed by atoms with Crippen LogP contribution in [0, 0.1) is 17.0 Å². The molecule has 0 fully saturated rings. The van der Waals surface area contributed by atoms with Gasteiger partial charge in [0.15, 0.2) is 0 Å². The largest absolute Gasteiger partial charge is 0.361 e. The van der Waals surface area contributed by atoms with Gasteiger partial charge in [0.2, 0.25) is 0 Å². The van der Waals surface area contributed by atoms with E-state index < -0.39 is 10.8 Å². The molecule has 0 saturated heterocycles. The molecule has 0 aliphatic heterocycles. The predicted octanol–water partition coefficient (Wildman–Crippen LogP) is 3.13. The third kappa shape index (κ3) is 3.50. The smallest absolute Gasteiger partial charge is 0.271 e. The highest BCUT2D eigenvalue weighted by molar-refractivity contribution is 6.44. The molecule has 0 aliphatic rings. The molecule has 1 heterocycles. The number of amides is 1. The van der Waals surface area contributed by atoms with E-state index in [0.29, 0.717) is 11.5 Å². The average molecular weight is 330 g/mol. The summed E-state index contributed by atoms with van der Waals surface area (Å²) in [5.74, 6) is 0.0157. The zero-order chi connectivity index (χ0) is 15.6. The predicted molar refractivity (Wildman–Crippen MR) is 75.5 cm³/mol. The quantitative estimate of drug-likeness (QED) is 0.686. The van der Waals surface area contributed by atoms with Crippen molar-refractivity contribution in [3.63, 3.8) is 0 Å². The normalized spacial score (nSPS) is 10.4. The minimum absolute atomic E-state index is 0.0453. The maximum atomic E-state index is 12.0. The molecular weight excluding hydrogens is 321 g/mol. The Hall–Kier alpha value is -2.12. The molecule has 9 heteroatoms. The maximum absolute atomic E-state index is 12.0. The first-order valence-corrected chi connectivity index (χ1v) is 6.48. The zero-order valence-electron chi connectivity index (χ0n) is 10.7. The van der Waals surface area contributed by atoms with Crippen molar-refractivity contribution in [3.05, 3.63) is 55.4 Å². The number of nitrogens with zero attached hydrogens (tertiary/aromatic N) is 2. The number of nitrogens with one attached hydrogen (secondary N) is 1. The van der Waals surface area contributed by atoms with Gasteiger partial charge in [0.1, 0.15) is 11.5 Å². The van der Waals surface area contributed by atoms with Crippen LogP contribution in [0.2, 0.25) is 10.0 Å². The Kier molecular flexibility index (Phi) is 4.44. The van der Waals surface area contributed by atoms with Crippen LogP contribution in [0.3, 0.4) is 0 Å². The van der Waals surface area contributed by atoms with Gasteiger partial charge in [-0.3, -0.25) is 14.9 Å². The van der Waals surface area contributed by atoms with Crippen LogP contribution in [0.1, 0.15) is 21.8 Å². The highest BCUT2D eigenvalue weighted by atomic mass is 35.5. The van der Waals surface area contributed by atoms with Gasteiger partial charge in [-0.2, -0.15) is 0 Å². The van der Waals surface area contributed by atoms with Gasteiger partial charge in [0, 0.05) is 18.2 Å². The number of halogens is 2. The lowest BCUT2D eigenvalue weighted by molar-refractivity contribution is -0.384. The van der Waals surface area contributed by atoms with Crippen molar-refractivity contribution in [3.8, 4) is 0 Å². The molecule has 0 unspecified atom stereocenters. The van der Waals surface area contributed by atoms with Crippen LogP contribution >= 0.6 is 23.2 Å². The lowest BCUT2D eigenvalue weighted by atomic mass is 10.2. The summed E-state index contributed by atoms with van der Waals surface area (Å²) in [6.45, 7) is 1.82. The van der Waals surface area contributed by atoms with E-state index in [2.05, 4.69) is 10.5 Å². The molecule has 0 bridgehead atoms. The SMILES string of the molecule is Cc1cc(CNC(=O)c2cc([N+](=O)[O-])cc(Cl)c2Cl)no1. The van der Waals surface area contributed by atoms with Gasteiger partial charge < -0.3 is 9.84 Å². The number of nitro benzene ring substituents is 1. The molecule has 7 nitrogen and oxygen atoms in total. The molecule has 0 aliphatic carbocycles. The van der Waals surface area contributed by atoms with Crippen molar-refractivity contribution in [2.75, 3.05) is 0 Å². The van der Waals surface area contributed by atoms with Crippen molar-refractivity contribution >= 4 is 34.8 Å². The third-order valence-electron chi connectivity index (χ3n) is 2.58. The Balaban J connectivity index is 2.20. The number of hydrogen-bond donors (Lipinski definition) is 1. The van der Waals surface area contributed by atoms with E-state index in [0.717, 1.165) is 12.1 Å². The van der Waals surface area contributed by atoms with E-state index in [-0.39, 0.29) is 27.8 Å². The Morgan fingerprint density at radius 1 is 1.43 bits per heavy atom. The summed E-state index contributed by atoms with van der Waals surface area (Å²) < 4.78 is 4.86. The summed E-state index contributed by atoms with van der Waals surface area (Å²) in [7, 11) is 0. The molecule has 1 aromatic heterocycles. The molecule has 110 valence electrons. The Morgan fingerprint density at radius 2 is 2.14 bits per heavy atom. The first kappa shape index (κ1) is 15.3. The number of carbonyl (C=O) groups excluding carboxylic acids is 1. The van der Waals surface area contributed by atoms with Gasteiger partial charge in [-0.1, -0.05) is 28.4 Å². The first-order valence-electron chi connectivity index (χ1n) is 5.72. The standard InChI is InChI=1S/C12H9Cl2N3O4/c1-6-2-7(16-21-6)5-15-12(18)9-3-8(17(19)20)4-10(13)11(9)14/h2-4H,5H2,1H3,(H,15,18). The number of carbonyl (C=O) groups is 1. The number of nitro groups is 1. The number of rotatable bonds is 4. The summed E-state index contributed by atoms with van der Waals surface area (Å²) in [6.07, 6.45) is 0. The van der Waals surface area contributed by atoms with E-state index in [4.69, 9.17) is 27.7 Å². The fraction of sp³-hybridized carbons (Fsp3) is 0.167. The lowest BCUT2D eigenvalue weighted by Crippen LogP contribution is -2.23. The van der Waals surface area contributed by atoms with Crippen molar-refractivity contribution in [2.24, 2.45) is 0 Å². The van der Waals surface area contributed by atoms with Crippen molar-refractivity contribution < 1.29 is 14.2 Å². The van der Waals surface area contributed by atoms with Crippen LogP contribution in [0.4, 0.5) is 5.69 Å². The van der Waals surface area contributed by atoms with Gasteiger partial charge >= 0.3 is 0 Å². The number of aromatic nitrogens is 1. The van der Waals surface area contributed by atoms with Gasteiger partial charge in [0.25, 0.3) is 11.6 Å². The second-order valence-corrected chi connectivity index (χ2v) is 4.94. The molecular formula is C12H9Cl2N3O4. The molecule has 0 spiro atoms. The van der Waals surface area contributed by atoms with Crippen molar-refractivity contribution in [2.45, 2.75) is 13.5 Å². The van der Waals surface area contributed by atoms with Gasteiger partial charge in [-0.15, -0.1) is 0 Å². The van der Waals surface area contributed by atoms with Gasteiger partial charge in [-0.25, -0.2) is 0 Å². The number of hydrogen-bond acceptors (Lipinski definition) is 5. The Bertz CT molecular complexity index is 715. The molecule has 1 amide bonds. The summed E-state index contributed by atoms with van der Waals surface area (Å²) in [6, 6.07) is 3.81. The Morgan fingerprint density at radius 3 is 2.71 bits per heavy atom. The lowest BCUT2D eigenvalue weighted by Gasteiger charge is -2.06. The summed E-state index contributed by atoms with van der Waals surface area (Å²) in [4.78, 5) is 22.2. The van der Waals surface area contributed by atoms with E-state index in [1.807, 2.05) is 0 Å². The Labute approximate surface area is 129 Å². The van der Waals surface area contributed by atoms with E-state index >= 15 is 0 Å². The fourth-order valence-corrected chi connectivity index (χ4v) is 2.02. The van der Waals surface area contributed by atoms with Crippen LogP contribution in [-0.2, 0) is 6.54 Å². The topological polar surface area (TPSA) is 98.3 Å². The van der Waals surface area contributed by atoms with Gasteiger partial charge in [0.05, 0.1) is 27.1 Å². The third-order valence-corrected chi connectivity index (χ3v) is 3.38. The molecule has 2 aromatic rings. The molecule has 1 aromatic carbocycles. The van der Waals surface area contributed by atoms with Crippen molar-refractivity contribution in [1.82, 2.24) is 10.5 Å². The van der Waals surface area contributed by atoms with Crippen LogP contribution in [0.5, 0.6) is 0 Å². The molecule has 21 heavy (non-hydrogen) atoms. The highest BCUT2D eigenvalue weighted by Crippen LogP contribution is 2.30. The molecule has 0 saturated carbocycles. The van der Waals surface area contributed by atoms with E-state index in [1.165, 1.54) is 0 Å². The maximum Gasteiger partial charge on any atom is 0.271 e. The van der Waals surface area contributed by atoms with E-state index in [9.17, 15) is 14.9 Å². The van der Waals surface area contributed by atoms with Crippen LogP contribution in [0.15, 0.2) is 22.7 Å². The van der Waals surface area contributed by atoms with Crippen molar-refractivity contribution in [1.29, 1.82) is 0 Å². The second kappa shape index (κ2) is 6.11. The van der Waals surface area contributed by atoms with Crippen LogP contribution < -0.4 is 5.32 Å². The minimum atomic E-state index is -0.653. The van der Waals surface area contributed by atoms with Gasteiger partial charge in [-0.05, 0) is 6.92 Å². The van der Waals surface area contributed by atoms with E-state index in [1.54, 1.807) is 13.0 Å². The molecule has 2 rings (SSSR count). The molecule has 0 radical (unpaired) electrons. The second-order valence-electron chi connectivity index (χ2n) is 4.16. The zero-order valence-corrected chi connectivity index (χ0v) is 12.2. The summed E-state index contributed by atoms with van der Waals surface area (Å²) >= 11 is 11.7. The number of benzene rings is 1. The molecule has 0 atom stereocenters. The molecule has 1 N–H and O–H groups in total. The number of non-ortho nitro benzene ring substituents is 1. The highest BCUT2D eigenvalue weighted by Gasteiger charge is 2.19. The number of aryl methyl sites for hydroxylation is 1.